The normalized spacial score (nSPS) is 12.6. The van der Waals surface area contributed by atoms with Gasteiger partial charge in [-0.2, -0.15) is 0 Å². The summed E-state index contributed by atoms with van der Waals surface area (Å²) in [4.78, 5) is 2.48. The van der Waals surface area contributed by atoms with Crippen molar-refractivity contribution in [3.63, 3.8) is 0 Å². The highest BCUT2D eigenvalue weighted by Crippen LogP contribution is 2.51. The second-order valence-corrected chi connectivity index (χ2v) is 17.7. The Bertz CT molecular complexity index is 3550. The molecule has 0 radical (unpaired) electrons. The van der Waals surface area contributed by atoms with Crippen molar-refractivity contribution in [1.82, 2.24) is 4.57 Å². The van der Waals surface area contributed by atoms with Gasteiger partial charge in [-0.1, -0.05) is 196 Å². The fourth-order valence-electron chi connectivity index (χ4n) is 10.5. The van der Waals surface area contributed by atoms with Crippen LogP contribution in [-0.2, 0) is 5.41 Å². The lowest BCUT2D eigenvalue weighted by atomic mass is 9.82. The lowest BCUT2D eigenvalue weighted by molar-refractivity contribution is 0.660. The quantitative estimate of drug-likeness (QED) is 0.148. The highest BCUT2D eigenvalue weighted by molar-refractivity contribution is 6.11. The van der Waals surface area contributed by atoms with Gasteiger partial charge in [0.25, 0.3) is 0 Å². The fourth-order valence-corrected chi connectivity index (χ4v) is 10.5. The van der Waals surface area contributed by atoms with E-state index in [1.54, 1.807) is 0 Å². The van der Waals surface area contributed by atoms with Gasteiger partial charge < -0.3 is 9.47 Å². The van der Waals surface area contributed by atoms with Crippen molar-refractivity contribution in [2.24, 2.45) is 0 Å². The third kappa shape index (κ3) is 6.40. The number of nitrogens with zero attached hydrogens (tertiary/aromatic N) is 2. The molecule has 2 nitrogen and oxygen atoms in total. The molecular formula is C63H46N2. The smallest absolute Gasteiger partial charge is 0.0546 e. The van der Waals surface area contributed by atoms with Crippen molar-refractivity contribution in [2.75, 3.05) is 4.90 Å². The predicted molar refractivity (Wildman–Crippen MR) is 275 cm³/mol. The van der Waals surface area contributed by atoms with Crippen molar-refractivity contribution in [3.8, 4) is 61.3 Å². The van der Waals surface area contributed by atoms with Crippen LogP contribution in [0.1, 0.15) is 25.0 Å². The predicted octanol–water partition coefficient (Wildman–Crippen LogP) is 17.2. The van der Waals surface area contributed by atoms with Crippen LogP contribution in [0.2, 0.25) is 0 Å². The minimum absolute atomic E-state index is 0.0333. The Kier molecular flexibility index (Phi) is 9.21. The van der Waals surface area contributed by atoms with Crippen LogP contribution in [0.15, 0.2) is 243 Å². The van der Waals surface area contributed by atoms with E-state index in [-0.39, 0.29) is 5.41 Å². The van der Waals surface area contributed by atoms with Crippen LogP contribution in [0, 0.1) is 0 Å². The van der Waals surface area contributed by atoms with E-state index in [1.165, 1.54) is 88.6 Å². The molecule has 0 aliphatic heterocycles. The summed E-state index contributed by atoms with van der Waals surface area (Å²) in [6, 6.07) is 88.9. The summed E-state index contributed by atoms with van der Waals surface area (Å²) in [7, 11) is 0. The van der Waals surface area contributed by atoms with Crippen LogP contribution in [0.5, 0.6) is 0 Å². The van der Waals surface area contributed by atoms with Gasteiger partial charge in [-0.05, 0) is 122 Å². The second-order valence-electron chi connectivity index (χ2n) is 17.7. The van der Waals surface area contributed by atoms with E-state index in [0.717, 1.165) is 22.7 Å². The molecule has 11 aromatic rings. The molecule has 0 bridgehead atoms. The molecule has 0 atom stereocenters. The Morgan fingerprint density at radius 2 is 0.892 bits per heavy atom. The number of rotatable bonds is 8. The van der Waals surface area contributed by atoms with E-state index in [9.17, 15) is 0 Å². The van der Waals surface area contributed by atoms with Gasteiger partial charge >= 0.3 is 0 Å². The van der Waals surface area contributed by atoms with Crippen molar-refractivity contribution in [1.29, 1.82) is 0 Å². The molecule has 65 heavy (non-hydrogen) atoms. The maximum atomic E-state index is 2.48. The number of hydrogen-bond donors (Lipinski definition) is 0. The van der Waals surface area contributed by atoms with Crippen LogP contribution in [0.3, 0.4) is 0 Å². The number of aromatic nitrogens is 1. The first-order chi connectivity index (χ1) is 32.0. The number of anilines is 3. The van der Waals surface area contributed by atoms with E-state index in [4.69, 9.17) is 0 Å². The number of hydrogen-bond acceptors (Lipinski definition) is 1. The van der Waals surface area contributed by atoms with Crippen LogP contribution >= 0.6 is 0 Å². The van der Waals surface area contributed by atoms with Crippen molar-refractivity contribution >= 4 is 38.9 Å². The molecule has 0 unspecified atom stereocenters. The lowest BCUT2D eigenvalue weighted by Crippen LogP contribution is -2.14. The Hall–Kier alpha value is -8.20. The SMILES string of the molecule is CC1(C)c2ccccc2-c2cc(-c3ccc(N(c4ccc5c(c4)c4ccccc4n5-c4ccccc4)c4cccc(-c5ccccc5)c4-c4ccccc4-c4ccccc4)cc3)ccc21. The molecule has 0 amide bonds. The van der Waals surface area contributed by atoms with Crippen LogP contribution < -0.4 is 4.90 Å². The standard InChI is InChI=1S/C63H46N2/c1-63(2)57-30-16-14-26-52(57)55-41-46(35-39-58(55)63)43-33-36-48(37-34-43)64(49-38-40-60-56(42-49)53-27-15-17-31-59(53)65(60)47-23-10-5-11-24-47)61-32-18-29-51(45-21-8-4-9-22-45)62(61)54-28-13-12-25-50(54)44-19-6-3-7-20-44/h3-42H,1-2H3. The van der Waals surface area contributed by atoms with Gasteiger partial charge in [-0.15, -0.1) is 0 Å². The largest absolute Gasteiger partial charge is 0.310 e. The molecule has 0 spiro atoms. The Balaban J connectivity index is 1.09. The van der Waals surface area contributed by atoms with Gasteiger partial charge in [0.1, 0.15) is 0 Å². The second kappa shape index (κ2) is 15.6. The molecular weight excluding hydrogens is 785 g/mol. The molecule has 10 aromatic carbocycles. The molecule has 0 fully saturated rings. The summed E-state index contributed by atoms with van der Waals surface area (Å²) >= 11 is 0. The summed E-state index contributed by atoms with van der Waals surface area (Å²) in [6.07, 6.45) is 0. The van der Waals surface area contributed by atoms with E-state index >= 15 is 0 Å². The van der Waals surface area contributed by atoms with Crippen molar-refractivity contribution in [2.45, 2.75) is 19.3 Å². The maximum absolute atomic E-state index is 2.48. The Labute approximate surface area is 381 Å². The molecule has 1 aliphatic rings. The molecule has 0 saturated carbocycles. The molecule has 308 valence electrons. The first kappa shape index (κ1) is 38.5. The summed E-state index contributed by atoms with van der Waals surface area (Å²) in [5.41, 5.74) is 21.7. The molecule has 0 N–H and O–H groups in total. The van der Waals surface area contributed by atoms with Crippen LogP contribution in [0.4, 0.5) is 17.1 Å². The Morgan fingerprint density at radius 1 is 0.338 bits per heavy atom. The van der Waals surface area contributed by atoms with Crippen molar-refractivity contribution in [3.05, 3.63) is 254 Å². The van der Waals surface area contributed by atoms with E-state index < -0.39 is 0 Å². The number of fused-ring (bicyclic) bond motifs is 6. The van der Waals surface area contributed by atoms with Crippen molar-refractivity contribution < 1.29 is 0 Å². The Morgan fingerprint density at radius 3 is 1.65 bits per heavy atom. The highest BCUT2D eigenvalue weighted by atomic mass is 15.1. The zero-order valence-electron chi connectivity index (χ0n) is 36.5. The van der Waals surface area contributed by atoms with E-state index in [2.05, 4.69) is 266 Å². The molecule has 1 aromatic heterocycles. The average molecular weight is 831 g/mol. The summed E-state index contributed by atoms with van der Waals surface area (Å²) in [6.45, 7) is 4.69. The maximum Gasteiger partial charge on any atom is 0.0546 e. The van der Waals surface area contributed by atoms with Gasteiger partial charge in [0.2, 0.25) is 0 Å². The molecule has 1 aliphatic carbocycles. The minimum atomic E-state index is -0.0333. The fraction of sp³-hybridized carbons (Fsp3) is 0.0476. The van der Waals surface area contributed by atoms with Gasteiger partial charge in [-0.3, -0.25) is 0 Å². The third-order valence-electron chi connectivity index (χ3n) is 13.6. The average Bonchev–Trinajstić information content (AvgIpc) is 3.82. The van der Waals surface area contributed by atoms with Gasteiger partial charge in [0, 0.05) is 38.8 Å². The number of benzene rings is 10. The highest BCUT2D eigenvalue weighted by Gasteiger charge is 2.35. The molecule has 12 rings (SSSR count). The lowest BCUT2D eigenvalue weighted by Gasteiger charge is -2.30. The monoisotopic (exact) mass is 830 g/mol. The summed E-state index contributed by atoms with van der Waals surface area (Å²) in [5.74, 6) is 0. The summed E-state index contributed by atoms with van der Waals surface area (Å²) in [5, 5.41) is 2.42. The van der Waals surface area contributed by atoms with Gasteiger partial charge in [0.15, 0.2) is 0 Å². The van der Waals surface area contributed by atoms with E-state index in [0.29, 0.717) is 0 Å². The zero-order chi connectivity index (χ0) is 43.5. The summed E-state index contributed by atoms with van der Waals surface area (Å²) < 4.78 is 2.39. The van der Waals surface area contributed by atoms with Crippen LogP contribution in [0.25, 0.3) is 83.1 Å². The zero-order valence-corrected chi connectivity index (χ0v) is 36.5. The topological polar surface area (TPSA) is 8.17 Å². The van der Waals surface area contributed by atoms with E-state index in [1.807, 2.05) is 0 Å². The van der Waals surface area contributed by atoms with Crippen LogP contribution in [-0.4, -0.2) is 4.57 Å². The molecule has 0 saturated heterocycles. The first-order valence-corrected chi connectivity index (χ1v) is 22.6. The number of para-hydroxylation sites is 2. The molecule has 2 heteroatoms. The van der Waals surface area contributed by atoms with Gasteiger partial charge in [0.05, 0.1) is 16.7 Å². The minimum Gasteiger partial charge on any atom is -0.310 e. The first-order valence-electron chi connectivity index (χ1n) is 22.6. The third-order valence-corrected chi connectivity index (χ3v) is 13.6. The van der Waals surface area contributed by atoms with Gasteiger partial charge in [-0.25, -0.2) is 0 Å². The molecule has 1 heterocycles.